The maximum atomic E-state index is 6.45. The van der Waals surface area contributed by atoms with Crippen molar-refractivity contribution in [1.29, 1.82) is 0 Å². The first kappa shape index (κ1) is 28.7. The van der Waals surface area contributed by atoms with Gasteiger partial charge in [0.2, 0.25) is 0 Å². The van der Waals surface area contributed by atoms with E-state index in [-0.39, 0.29) is 34.4 Å². The fourth-order valence-electron chi connectivity index (χ4n) is 7.19. The maximum absolute atomic E-state index is 6.45. The summed E-state index contributed by atoms with van der Waals surface area (Å²) in [6.07, 6.45) is 3.35. The van der Waals surface area contributed by atoms with E-state index in [4.69, 9.17) is 28.4 Å². The van der Waals surface area contributed by atoms with Gasteiger partial charge in [0.1, 0.15) is 12.2 Å². The third kappa shape index (κ3) is 5.81. The summed E-state index contributed by atoms with van der Waals surface area (Å²) < 4.78 is 37.2. The molecule has 4 rings (SSSR count). The third-order valence-electron chi connectivity index (χ3n) is 9.25. The van der Waals surface area contributed by atoms with Crippen LogP contribution >= 0.6 is 0 Å². The SMILES string of the molecule is CN1C(C)(C)CC2(CC1(C)C)OCC(COCCOCC1COC3(CC(C)(C)N(C)C(C)(C)C3)O1)O2. The van der Waals surface area contributed by atoms with Crippen molar-refractivity contribution >= 4 is 0 Å². The first-order valence-corrected chi connectivity index (χ1v) is 13.8. The van der Waals surface area contributed by atoms with Gasteiger partial charge in [0.15, 0.2) is 11.6 Å². The van der Waals surface area contributed by atoms with Crippen LogP contribution in [0, 0.1) is 0 Å². The lowest BCUT2D eigenvalue weighted by atomic mass is 9.76. The van der Waals surface area contributed by atoms with E-state index in [2.05, 4.69) is 79.3 Å². The zero-order valence-electron chi connectivity index (χ0n) is 24.6. The number of likely N-dealkylation sites (tertiary alicyclic amines) is 2. The minimum Gasteiger partial charge on any atom is -0.376 e. The standard InChI is InChI=1S/C28H52N2O6/c1-23(2)17-27(18-24(3,4)29(23)9)33-15-21(35-27)13-31-11-12-32-14-22-16-34-28(36-22)19-25(5,6)30(10)26(7,8)20-28/h21-22H,11-20H2,1-10H3. The molecule has 8 nitrogen and oxygen atoms in total. The average molecular weight is 513 g/mol. The fraction of sp³-hybridized carbons (Fsp3) is 1.00. The molecule has 2 atom stereocenters. The predicted molar refractivity (Wildman–Crippen MR) is 139 cm³/mol. The molecule has 0 radical (unpaired) electrons. The molecular formula is C28H52N2O6. The van der Waals surface area contributed by atoms with E-state index in [1.54, 1.807) is 0 Å². The molecular weight excluding hydrogens is 460 g/mol. The van der Waals surface area contributed by atoms with Crippen LogP contribution in [-0.4, -0.2) is 109 Å². The van der Waals surface area contributed by atoms with E-state index in [1.165, 1.54) is 0 Å². The number of ether oxygens (including phenoxy) is 6. The molecule has 4 saturated heterocycles. The predicted octanol–water partition coefficient (Wildman–Crippen LogP) is 3.81. The van der Waals surface area contributed by atoms with Crippen LogP contribution in [0.15, 0.2) is 0 Å². The first-order chi connectivity index (χ1) is 16.5. The molecule has 0 amide bonds. The Bertz CT molecular complexity index is 682. The molecule has 4 aliphatic rings. The quantitative estimate of drug-likeness (QED) is 0.478. The van der Waals surface area contributed by atoms with Gasteiger partial charge in [-0.05, 0) is 69.5 Å². The highest BCUT2D eigenvalue weighted by Gasteiger charge is 2.56. The minimum atomic E-state index is -0.517. The second-order valence-electron chi connectivity index (χ2n) is 14.1. The van der Waals surface area contributed by atoms with Crippen molar-refractivity contribution in [1.82, 2.24) is 9.80 Å². The number of nitrogens with zero attached hydrogens (tertiary/aromatic N) is 2. The van der Waals surface area contributed by atoms with Crippen LogP contribution in [0.1, 0.15) is 81.1 Å². The Labute approximate surface area is 219 Å². The van der Waals surface area contributed by atoms with Crippen LogP contribution in [0.3, 0.4) is 0 Å². The highest BCUT2D eigenvalue weighted by molar-refractivity contribution is 5.05. The van der Waals surface area contributed by atoms with Gasteiger partial charge in [0.25, 0.3) is 0 Å². The molecule has 0 aliphatic carbocycles. The lowest BCUT2D eigenvalue weighted by molar-refractivity contribution is -0.245. The van der Waals surface area contributed by atoms with Gasteiger partial charge in [0, 0.05) is 47.8 Å². The summed E-state index contributed by atoms with van der Waals surface area (Å²) in [5.41, 5.74) is 0.0357. The molecule has 0 aromatic heterocycles. The van der Waals surface area contributed by atoms with Gasteiger partial charge in [-0.3, -0.25) is 9.80 Å². The molecule has 4 fully saturated rings. The Morgan fingerprint density at radius 2 is 0.889 bits per heavy atom. The number of hydrogen-bond donors (Lipinski definition) is 0. The van der Waals surface area contributed by atoms with Gasteiger partial charge in [-0.25, -0.2) is 0 Å². The summed E-state index contributed by atoms with van der Waals surface area (Å²) in [6, 6.07) is 0. The van der Waals surface area contributed by atoms with E-state index >= 15 is 0 Å². The van der Waals surface area contributed by atoms with E-state index in [1.807, 2.05) is 0 Å². The Morgan fingerprint density at radius 1 is 0.583 bits per heavy atom. The number of piperidine rings is 2. The third-order valence-corrected chi connectivity index (χ3v) is 9.25. The average Bonchev–Trinajstić information content (AvgIpc) is 3.29. The smallest absolute Gasteiger partial charge is 0.172 e. The normalized spacial score (nSPS) is 34.5. The molecule has 210 valence electrons. The zero-order chi connectivity index (χ0) is 26.6. The van der Waals surface area contributed by atoms with Crippen molar-refractivity contribution in [3.63, 3.8) is 0 Å². The molecule has 36 heavy (non-hydrogen) atoms. The van der Waals surface area contributed by atoms with E-state index < -0.39 is 11.6 Å². The van der Waals surface area contributed by atoms with E-state index in [0.29, 0.717) is 39.6 Å². The number of hydrogen-bond acceptors (Lipinski definition) is 8. The summed E-state index contributed by atoms with van der Waals surface area (Å²) in [5.74, 6) is -1.03. The zero-order valence-corrected chi connectivity index (χ0v) is 24.6. The van der Waals surface area contributed by atoms with Crippen LogP contribution in [0.4, 0.5) is 0 Å². The largest absolute Gasteiger partial charge is 0.376 e. The van der Waals surface area contributed by atoms with Crippen LogP contribution < -0.4 is 0 Å². The molecule has 0 aromatic carbocycles. The molecule has 4 aliphatic heterocycles. The van der Waals surface area contributed by atoms with Crippen molar-refractivity contribution in [2.45, 2.75) is 127 Å². The van der Waals surface area contributed by atoms with Crippen LogP contribution in [-0.2, 0) is 28.4 Å². The maximum Gasteiger partial charge on any atom is 0.172 e. The lowest BCUT2D eigenvalue weighted by Gasteiger charge is -2.56. The molecule has 2 spiro atoms. The summed E-state index contributed by atoms with van der Waals surface area (Å²) in [7, 11) is 4.39. The van der Waals surface area contributed by atoms with Crippen molar-refractivity contribution in [3.8, 4) is 0 Å². The summed E-state index contributed by atoms with van der Waals surface area (Å²) in [4.78, 5) is 4.88. The fourth-order valence-corrected chi connectivity index (χ4v) is 7.19. The molecule has 0 saturated carbocycles. The van der Waals surface area contributed by atoms with Gasteiger partial charge >= 0.3 is 0 Å². The lowest BCUT2D eigenvalue weighted by Crippen LogP contribution is -2.64. The molecule has 2 unspecified atom stereocenters. The van der Waals surface area contributed by atoms with Gasteiger partial charge in [-0.2, -0.15) is 0 Å². The summed E-state index contributed by atoms with van der Waals surface area (Å²) in [5, 5.41) is 0. The van der Waals surface area contributed by atoms with Crippen LogP contribution in [0.25, 0.3) is 0 Å². The second-order valence-corrected chi connectivity index (χ2v) is 14.1. The Morgan fingerprint density at radius 3 is 1.19 bits per heavy atom. The molecule has 8 heteroatoms. The molecule has 0 aromatic rings. The monoisotopic (exact) mass is 512 g/mol. The van der Waals surface area contributed by atoms with E-state index in [0.717, 1.165) is 25.7 Å². The summed E-state index contributed by atoms with van der Waals surface area (Å²) in [6.45, 7) is 21.3. The first-order valence-electron chi connectivity index (χ1n) is 13.8. The summed E-state index contributed by atoms with van der Waals surface area (Å²) >= 11 is 0. The van der Waals surface area contributed by atoms with Crippen molar-refractivity contribution in [2.75, 3.05) is 53.7 Å². The number of rotatable bonds is 7. The van der Waals surface area contributed by atoms with Gasteiger partial charge in [-0.1, -0.05) is 0 Å². The molecule has 0 bridgehead atoms. The van der Waals surface area contributed by atoms with E-state index in [9.17, 15) is 0 Å². The van der Waals surface area contributed by atoms with Gasteiger partial charge < -0.3 is 28.4 Å². The van der Waals surface area contributed by atoms with Gasteiger partial charge in [0.05, 0.1) is 39.6 Å². The van der Waals surface area contributed by atoms with Crippen LogP contribution in [0.2, 0.25) is 0 Å². The van der Waals surface area contributed by atoms with Crippen molar-refractivity contribution < 1.29 is 28.4 Å². The van der Waals surface area contributed by atoms with Crippen LogP contribution in [0.5, 0.6) is 0 Å². The highest BCUT2D eigenvalue weighted by atomic mass is 16.8. The van der Waals surface area contributed by atoms with Crippen molar-refractivity contribution in [3.05, 3.63) is 0 Å². The Kier molecular flexibility index (Phi) is 7.73. The molecule has 4 heterocycles. The topological polar surface area (TPSA) is 61.9 Å². The minimum absolute atomic E-state index is 0.00892. The Hall–Kier alpha value is -0.320. The highest BCUT2D eigenvalue weighted by Crippen LogP contribution is 2.48. The second kappa shape index (κ2) is 9.70. The van der Waals surface area contributed by atoms with Crippen molar-refractivity contribution in [2.24, 2.45) is 0 Å². The van der Waals surface area contributed by atoms with Gasteiger partial charge in [-0.15, -0.1) is 0 Å². The Balaban J connectivity index is 1.15. The molecule has 0 N–H and O–H groups in total.